The van der Waals surface area contributed by atoms with E-state index in [4.69, 9.17) is 11.5 Å². The third kappa shape index (κ3) is 4.65. The van der Waals surface area contributed by atoms with Crippen LogP contribution in [0, 0.1) is 0 Å². The Bertz CT molecular complexity index is 1360. The lowest BCUT2D eigenvalue weighted by atomic mass is 9.84. The Balaban J connectivity index is 1.41. The standard InChI is InChI=1S/C23H24F6N8O5/c24-22(25,26)10-3-9(4-11(6-10)23(27,28)29)5-14(38)33-13-8-37-19(31)32-12(7-36-15(39)1-2-16(36)40)17-20(37,21(13,41)42)35-18(30)34-17/h3-4,6,12-13,17,41-42H,1-2,5,7-8H2,(H2,31,32)(H,33,38)(H3,30,34,35)/t12-,13?,17?,20?/m0/s1. The Labute approximate surface area is 232 Å². The lowest BCUT2D eigenvalue weighted by Crippen LogP contribution is -2.78. The van der Waals surface area contributed by atoms with Gasteiger partial charge in [-0.1, -0.05) is 0 Å². The van der Waals surface area contributed by atoms with Crippen molar-refractivity contribution in [3.63, 3.8) is 0 Å². The highest BCUT2D eigenvalue weighted by molar-refractivity contribution is 6.02. The third-order valence-electron chi connectivity index (χ3n) is 7.67. The van der Waals surface area contributed by atoms with Crippen molar-refractivity contribution in [3.8, 4) is 0 Å². The van der Waals surface area contributed by atoms with Crippen LogP contribution in [0.1, 0.15) is 29.5 Å². The highest BCUT2D eigenvalue weighted by atomic mass is 19.4. The number of likely N-dealkylation sites (tertiary alicyclic amines) is 1. The number of alkyl halides is 6. The summed E-state index contributed by atoms with van der Waals surface area (Å²) in [6.07, 6.45) is -11.3. The molecular formula is C23H24F6N8O5. The second-order valence-electron chi connectivity index (χ2n) is 10.4. The largest absolute Gasteiger partial charge is 0.416 e. The Hall–Kier alpha value is -4.13. The molecule has 3 unspecified atom stereocenters. The number of amides is 3. The second kappa shape index (κ2) is 9.45. The number of carbonyl (C=O) groups is 3. The van der Waals surface area contributed by atoms with Crippen LogP contribution in [-0.4, -0.2) is 92.3 Å². The van der Waals surface area contributed by atoms with Crippen molar-refractivity contribution in [3.05, 3.63) is 34.9 Å². The van der Waals surface area contributed by atoms with Crippen LogP contribution < -0.4 is 22.1 Å². The van der Waals surface area contributed by atoms with Crippen molar-refractivity contribution < 1.29 is 50.9 Å². The van der Waals surface area contributed by atoms with Crippen molar-refractivity contribution in [1.82, 2.24) is 20.4 Å². The van der Waals surface area contributed by atoms with Crippen molar-refractivity contribution in [1.29, 1.82) is 0 Å². The molecule has 4 aliphatic rings. The maximum absolute atomic E-state index is 13.2. The number of rotatable bonds is 5. The normalized spacial score (nSPS) is 28.7. The molecule has 4 atom stereocenters. The second-order valence-corrected chi connectivity index (χ2v) is 10.4. The molecule has 0 aromatic heterocycles. The van der Waals surface area contributed by atoms with Gasteiger partial charge in [-0.2, -0.15) is 26.3 Å². The van der Waals surface area contributed by atoms with Crippen LogP contribution in [0.25, 0.3) is 0 Å². The summed E-state index contributed by atoms with van der Waals surface area (Å²) >= 11 is 0. The SMILES string of the molecule is NC1=NC2[C@H](CN3C(=O)CCC3=O)N=C(N)N3CC(NC(=O)Cc4cc(C(F)(F)F)cc(C(F)(F)F)c4)C(O)(O)C23N1. The summed E-state index contributed by atoms with van der Waals surface area (Å²) in [5.41, 5.74) is 6.03. The van der Waals surface area contributed by atoms with E-state index in [1.807, 2.05) is 0 Å². The zero-order valence-electron chi connectivity index (χ0n) is 21.3. The first kappa shape index (κ1) is 29.4. The van der Waals surface area contributed by atoms with Crippen molar-refractivity contribution in [2.45, 2.75) is 61.2 Å². The number of nitrogens with two attached hydrogens (primary N) is 2. The average Bonchev–Trinajstić information content (AvgIpc) is 3.45. The van der Waals surface area contributed by atoms with Crippen molar-refractivity contribution >= 4 is 29.6 Å². The number of nitrogens with zero attached hydrogens (tertiary/aromatic N) is 4. The van der Waals surface area contributed by atoms with E-state index in [0.717, 1.165) is 9.80 Å². The fraction of sp³-hybridized carbons (Fsp3) is 0.522. The summed E-state index contributed by atoms with van der Waals surface area (Å²) < 4.78 is 79.4. The Morgan fingerprint density at radius 1 is 1.02 bits per heavy atom. The van der Waals surface area contributed by atoms with Crippen LogP contribution in [0.3, 0.4) is 0 Å². The number of halogens is 6. The van der Waals surface area contributed by atoms with E-state index in [1.54, 1.807) is 0 Å². The number of carbonyl (C=O) groups excluding carboxylic acids is 3. The zero-order valence-corrected chi connectivity index (χ0v) is 21.3. The molecule has 19 heteroatoms. The van der Waals surface area contributed by atoms with Gasteiger partial charge in [0.1, 0.15) is 12.1 Å². The molecule has 0 bridgehead atoms. The molecule has 0 aliphatic carbocycles. The topological polar surface area (TPSA) is 199 Å². The number of aliphatic hydroxyl groups is 2. The number of imide groups is 1. The number of nitrogens with one attached hydrogen (secondary N) is 2. The highest BCUT2D eigenvalue weighted by Gasteiger charge is 2.73. The van der Waals surface area contributed by atoms with Crippen molar-refractivity contribution in [2.24, 2.45) is 21.5 Å². The minimum atomic E-state index is -5.13. The van der Waals surface area contributed by atoms with E-state index < -0.39 is 89.3 Å². The maximum Gasteiger partial charge on any atom is 0.416 e. The minimum Gasteiger partial charge on any atom is -0.370 e. The molecule has 42 heavy (non-hydrogen) atoms. The summed E-state index contributed by atoms with van der Waals surface area (Å²) in [6, 6.07) is -3.32. The molecule has 4 aliphatic heterocycles. The quantitative estimate of drug-likeness (QED) is 0.132. The third-order valence-corrected chi connectivity index (χ3v) is 7.67. The van der Waals surface area contributed by atoms with Gasteiger partial charge < -0.3 is 37.2 Å². The van der Waals surface area contributed by atoms with Gasteiger partial charge in [-0.25, -0.2) is 9.98 Å². The fourth-order valence-corrected chi connectivity index (χ4v) is 5.80. The molecule has 2 saturated heterocycles. The molecule has 1 aromatic carbocycles. The van der Waals surface area contributed by atoms with Crippen LogP contribution in [-0.2, 0) is 33.2 Å². The fourth-order valence-electron chi connectivity index (χ4n) is 5.80. The summed E-state index contributed by atoms with van der Waals surface area (Å²) in [5, 5.41) is 27.7. The van der Waals surface area contributed by atoms with Gasteiger partial charge in [0, 0.05) is 19.4 Å². The molecule has 5 rings (SSSR count). The Morgan fingerprint density at radius 2 is 1.60 bits per heavy atom. The molecule has 8 N–H and O–H groups in total. The predicted molar refractivity (Wildman–Crippen MR) is 129 cm³/mol. The van der Waals surface area contributed by atoms with Crippen LogP contribution in [0.2, 0.25) is 0 Å². The number of aliphatic imine (C=N–C) groups is 2. The van der Waals surface area contributed by atoms with Crippen LogP contribution >= 0.6 is 0 Å². The molecule has 0 radical (unpaired) electrons. The van der Waals surface area contributed by atoms with Gasteiger partial charge in [-0.3, -0.25) is 19.3 Å². The average molecular weight is 606 g/mol. The molecule has 3 amide bonds. The Kier molecular flexibility index (Phi) is 6.60. The van der Waals surface area contributed by atoms with Gasteiger partial charge in [0.05, 0.1) is 30.1 Å². The number of guanidine groups is 2. The van der Waals surface area contributed by atoms with Gasteiger partial charge in [-0.05, 0) is 23.8 Å². The van der Waals surface area contributed by atoms with Crippen LogP contribution in [0.5, 0.6) is 0 Å². The van der Waals surface area contributed by atoms with E-state index in [2.05, 4.69) is 20.6 Å². The van der Waals surface area contributed by atoms with Gasteiger partial charge in [0.15, 0.2) is 17.6 Å². The summed E-state index contributed by atoms with van der Waals surface area (Å²) in [4.78, 5) is 47.8. The van der Waals surface area contributed by atoms with Gasteiger partial charge >= 0.3 is 12.4 Å². The van der Waals surface area contributed by atoms with Crippen molar-refractivity contribution in [2.75, 3.05) is 13.1 Å². The van der Waals surface area contributed by atoms with Gasteiger partial charge in [0.25, 0.3) is 0 Å². The number of benzene rings is 1. The monoisotopic (exact) mass is 606 g/mol. The first-order valence-corrected chi connectivity index (χ1v) is 12.4. The molecule has 4 heterocycles. The molecule has 2 fully saturated rings. The summed E-state index contributed by atoms with van der Waals surface area (Å²) in [7, 11) is 0. The van der Waals surface area contributed by atoms with Crippen LogP contribution in [0.15, 0.2) is 28.2 Å². The molecule has 1 aromatic rings. The maximum atomic E-state index is 13.2. The minimum absolute atomic E-state index is 0.0231. The molecule has 13 nitrogen and oxygen atoms in total. The number of hydrogen-bond donors (Lipinski definition) is 6. The molecule has 228 valence electrons. The molecule has 1 spiro atoms. The van der Waals surface area contributed by atoms with E-state index in [1.165, 1.54) is 0 Å². The van der Waals surface area contributed by atoms with E-state index in [0.29, 0.717) is 12.1 Å². The zero-order chi connectivity index (χ0) is 31.0. The first-order chi connectivity index (χ1) is 19.3. The van der Waals surface area contributed by atoms with E-state index in [-0.39, 0.29) is 37.4 Å². The van der Waals surface area contributed by atoms with Gasteiger partial charge in [-0.15, -0.1) is 0 Å². The first-order valence-electron chi connectivity index (χ1n) is 12.4. The predicted octanol–water partition coefficient (Wildman–Crippen LogP) is -1.42. The summed E-state index contributed by atoms with van der Waals surface area (Å²) in [5.74, 6) is -5.66. The molecule has 0 saturated carbocycles. The molecular weight excluding hydrogens is 582 g/mol. The van der Waals surface area contributed by atoms with Gasteiger partial charge in [0.2, 0.25) is 23.5 Å². The van der Waals surface area contributed by atoms with E-state index in [9.17, 15) is 50.9 Å². The Morgan fingerprint density at radius 3 is 2.14 bits per heavy atom. The van der Waals surface area contributed by atoms with Crippen LogP contribution in [0.4, 0.5) is 26.3 Å². The summed E-state index contributed by atoms with van der Waals surface area (Å²) in [6.45, 7) is -0.771. The highest BCUT2D eigenvalue weighted by Crippen LogP contribution is 2.45. The smallest absolute Gasteiger partial charge is 0.370 e. The lowest BCUT2D eigenvalue weighted by Gasteiger charge is -2.49. The lowest BCUT2D eigenvalue weighted by molar-refractivity contribution is -0.232. The van der Waals surface area contributed by atoms with E-state index >= 15 is 0 Å². The number of hydrogen-bond acceptors (Lipinski definition) is 11.